The monoisotopic (exact) mass is 354 g/mol. The summed E-state index contributed by atoms with van der Waals surface area (Å²) in [5.74, 6) is 0.444. The lowest BCUT2D eigenvalue weighted by Crippen LogP contribution is -2.17. The Morgan fingerprint density at radius 3 is 2.54 bits per heavy atom. The number of nitrogen functional groups attached to an aromatic ring is 1. The second-order valence-corrected chi connectivity index (χ2v) is 5.32. The van der Waals surface area contributed by atoms with Crippen LogP contribution in [0.4, 0.5) is 11.9 Å². The minimum absolute atomic E-state index is 0.0176. The van der Waals surface area contributed by atoms with Crippen LogP contribution in [0.5, 0.6) is 5.75 Å². The zero-order chi connectivity index (χ0) is 19.1. The lowest BCUT2D eigenvalue weighted by Gasteiger charge is -2.11. The lowest BCUT2D eigenvalue weighted by molar-refractivity contribution is -0.139. The van der Waals surface area contributed by atoms with Crippen molar-refractivity contribution in [3.05, 3.63) is 41.2 Å². The third-order valence-electron chi connectivity index (χ3n) is 3.19. The van der Waals surface area contributed by atoms with Crippen molar-refractivity contribution in [1.29, 1.82) is 5.26 Å². The Morgan fingerprint density at radius 2 is 1.96 bits per heavy atom. The predicted molar refractivity (Wildman–Crippen MR) is 94.9 cm³/mol. The molecule has 0 unspecified atom stereocenters. The van der Waals surface area contributed by atoms with Crippen molar-refractivity contribution in [2.45, 2.75) is 6.61 Å². The van der Waals surface area contributed by atoms with E-state index in [0.717, 1.165) is 0 Å². The van der Waals surface area contributed by atoms with E-state index in [-0.39, 0.29) is 24.0 Å². The molecule has 2 rings (SSSR count). The molecule has 1 aromatic heterocycles. The Morgan fingerprint density at radius 1 is 1.27 bits per heavy atom. The Kier molecular flexibility index (Phi) is 6.06. The van der Waals surface area contributed by atoms with Crippen molar-refractivity contribution >= 4 is 23.9 Å². The topological polar surface area (TPSA) is 127 Å². The van der Waals surface area contributed by atoms with Crippen LogP contribution < -0.4 is 15.4 Å². The number of anilines is 2. The van der Waals surface area contributed by atoms with Crippen LogP contribution in [0.15, 0.2) is 29.8 Å². The van der Waals surface area contributed by atoms with Crippen LogP contribution in [0.1, 0.15) is 11.4 Å². The second kappa shape index (κ2) is 8.43. The average Bonchev–Trinajstić information content (AvgIpc) is 2.64. The summed E-state index contributed by atoms with van der Waals surface area (Å²) in [5, 5.41) is 9.21. The summed E-state index contributed by atoms with van der Waals surface area (Å²) in [6.07, 6.45) is 1.43. The van der Waals surface area contributed by atoms with Gasteiger partial charge in [0.25, 0.3) is 0 Å². The molecule has 0 atom stereocenters. The average molecular weight is 354 g/mol. The fraction of sp³-hybridized carbons (Fsp3) is 0.235. The van der Waals surface area contributed by atoms with E-state index in [0.29, 0.717) is 17.3 Å². The fourth-order valence-corrected chi connectivity index (χ4v) is 1.90. The van der Waals surface area contributed by atoms with Crippen LogP contribution in [0.3, 0.4) is 0 Å². The Hall–Kier alpha value is -3.67. The number of nitrogens with zero attached hydrogens (tertiary/aromatic N) is 5. The number of methoxy groups -OCH3 is 1. The quantitative estimate of drug-likeness (QED) is 0.462. The van der Waals surface area contributed by atoms with Crippen molar-refractivity contribution in [2.75, 3.05) is 31.8 Å². The van der Waals surface area contributed by atoms with E-state index in [4.69, 9.17) is 15.2 Å². The summed E-state index contributed by atoms with van der Waals surface area (Å²) >= 11 is 0. The van der Waals surface area contributed by atoms with Gasteiger partial charge in [0.05, 0.1) is 7.11 Å². The molecule has 0 radical (unpaired) electrons. The maximum atomic E-state index is 12.1. The van der Waals surface area contributed by atoms with Gasteiger partial charge in [-0.3, -0.25) is 0 Å². The number of ether oxygens (including phenoxy) is 2. The molecule has 0 saturated carbocycles. The molecule has 134 valence electrons. The molecule has 9 nitrogen and oxygen atoms in total. The summed E-state index contributed by atoms with van der Waals surface area (Å²) in [5.41, 5.74) is 6.13. The highest BCUT2D eigenvalue weighted by Gasteiger charge is 2.13. The lowest BCUT2D eigenvalue weighted by atomic mass is 10.1. The molecule has 0 aliphatic heterocycles. The molecule has 1 aromatic carbocycles. The van der Waals surface area contributed by atoms with E-state index in [9.17, 15) is 10.1 Å². The number of aromatic nitrogens is 3. The smallest absolute Gasteiger partial charge is 0.349 e. The molecule has 0 amide bonds. The molecule has 2 aromatic rings. The first-order valence-corrected chi connectivity index (χ1v) is 7.53. The SMILES string of the molecule is COc1ccc(/C=C(\C#N)C(=O)OCc2nc(N)nc(N(C)C)n2)cc1. The highest BCUT2D eigenvalue weighted by molar-refractivity contribution is 5.97. The Bertz CT molecular complexity index is 856. The third-order valence-corrected chi connectivity index (χ3v) is 3.19. The van der Waals surface area contributed by atoms with Gasteiger partial charge < -0.3 is 20.1 Å². The number of hydrogen-bond acceptors (Lipinski definition) is 9. The number of nitriles is 1. The van der Waals surface area contributed by atoms with Gasteiger partial charge in [0.2, 0.25) is 11.9 Å². The summed E-state index contributed by atoms with van der Waals surface area (Å²) in [7, 11) is 5.05. The minimum Gasteiger partial charge on any atom is -0.497 e. The highest BCUT2D eigenvalue weighted by Crippen LogP contribution is 2.15. The van der Waals surface area contributed by atoms with Crippen LogP contribution in [0, 0.1) is 11.3 Å². The molecule has 0 aliphatic carbocycles. The number of carbonyl (C=O) groups excluding carboxylic acids is 1. The standard InChI is InChI=1S/C17H18N6O3/c1-23(2)17-21-14(20-16(19)22-17)10-26-15(24)12(9-18)8-11-4-6-13(25-3)7-5-11/h4-8H,10H2,1-3H3,(H2,19,20,21,22)/b12-8+. The molecule has 26 heavy (non-hydrogen) atoms. The van der Waals surface area contributed by atoms with Crippen LogP contribution in [0.2, 0.25) is 0 Å². The van der Waals surface area contributed by atoms with Crippen molar-refractivity contribution in [2.24, 2.45) is 0 Å². The van der Waals surface area contributed by atoms with E-state index in [1.54, 1.807) is 50.4 Å². The number of hydrogen-bond donors (Lipinski definition) is 1. The van der Waals surface area contributed by atoms with E-state index in [1.165, 1.54) is 6.08 Å². The number of nitrogens with two attached hydrogens (primary N) is 1. The van der Waals surface area contributed by atoms with E-state index >= 15 is 0 Å². The molecule has 0 fully saturated rings. The first-order chi connectivity index (χ1) is 12.4. The van der Waals surface area contributed by atoms with Gasteiger partial charge in [-0.15, -0.1) is 0 Å². The van der Waals surface area contributed by atoms with Gasteiger partial charge in [-0.1, -0.05) is 12.1 Å². The molecular formula is C17H18N6O3. The minimum atomic E-state index is -0.784. The largest absolute Gasteiger partial charge is 0.497 e. The Labute approximate surface area is 150 Å². The predicted octanol–water partition coefficient (Wildman–Crippen LogP) is 1.18. The number of benzene rings is 1. The van der Waals surface area contributed by atoms with Gasteiger partial charge in [-0.25, -0.2) is 4.79 Å². The maximum Gasteiger partial charge on any atom is 0.349 e. The van der Waals surface area contributed by atoms with Gasteiger partial charge in [0, 0.05) is 14.1 Å². The second-order valence-electron chi connectivity index (χ2n) is 5.32. The van der Waals surface area contributed by atoms with Crippen molar-refractivity contribution in [1.82, 2.24) is 15.0 Å². The zero-order valence-corrected chi connectivity index (χ0v) is 14.6. The summed E-state index contributed by atoms with van der Waals surface area (Å²) in [6, 6.07) is 8.72. The van der Waals surface area contributed by atoms with Crippen molar-refractivity contribution in [3.8, 4) is 11.8 Å². The molecule has 0 saturated heterocycles. The maximum absolute atomic E-state index is 12.1. The molecule has 0 aliphatic rings. The van der Waals surface area contributed by atoms with Gasteiger partial charge >= 0.3 is 5.97 Å². The molecule has 0 bridgehead atoms. The molecule has 1 heterocycles. The summed E-state index contributed by atoms with van der Waals surface area (Å²) < 4.78 is 10.2. The van der Waals surface area contributed by atoms with Crippen LogP contribution >= 0.6 is 0 Å². The van der Waals surface area contributed by atoms with E-state index in [2.05, 4.69) is 15.0 Å². The Balaban J connectivity index is 2.10. The van der Waals surface area contributed by atoms with Gasteiger partial charge in [0.15, 0.2) is 12.4 Å². The summed E-state index contributed by atoms with van der Waals surface area (Å²) in [4.78, 5) is 25.8. The number of esters is 1. The van der Waals surface area contributed by atoms with Crippen LogP contribution in [-0.4, -0.2) is 42.1 Å². The molecule has 0 spiro atoms. The summed E-state index contributed by atoms with van der Waals surface area (Å²) in [6.45, 7) is -0.228. The molecule has 2 N–H and O–H groups in total. The normalized spacial score (nSPS) is 10.8. The molecule has 9 heteroatoms. The highest BCUT2D eigenvalue weighted by atomic mass is 16.5. The zero-order valence-electron chi connectivity index (χ0n) is 14.6. The van der Waals surface area contributed by atoms with Gasteiger partial charge in [-0.05, 0) is 23.8 Å². The fourth-order valence-electron chi connectivity index (χ4n) is 1.90. The van der Waals surface area contributed by atoms with E-state index in [1.807, 2.05) is 6.07 Å². The first-order valence-electron chi connectivity index (χ1n) is 7.53. The third kappa shape index (κ3) is 4.91. The molecular weight excluding hydrogens is 336 g/mol. The number of carbonyl (C=O) groups is 1. The van der Waals surface area contributed by atoms with Gasteiger partial charge in [0.1, 0.15) is 17.4 Å². The van der Waals surface area contributed by atoms with Crippen LogP contribution in [-0.2, 0) is 16.1 Å². The van der Waals surface area contributed by atoms with Crippen molar-refractivity contribution < 1.29 is 14.3 Å². The number of rotatable bonds is 6. The van der Waals surface area contributed by atoms with Crippen LogP contribution in [0.25, 0.3) is 6.08 Å². The first kappa shape index (κ1) is 18.7. The van der Waals surface area contributed by atoms with Gasteiger partial charge in [-0.2, -0.15) is 20.2 Å². The van der Waals surface area contributed by atoms with Crippen molar-refractivity contribution in [3.63, 3.8) is 0 Å². The van der Waals surface area contributed by atoms with E-state index < -0.39 is 5.97 Å².